The molecule has 3 aromatic carbocycles. The number of aldehydes is 1. The topological polar surface area (TPSA) is 79.0 Å². The SMILES string of the molecule is CN(CCN1C[C@H]2C[C@@H](OC(=O)Nc3ccccc3-c3ccccc3)C[C@H]2C1)C(=O)c1ccc(C=O)cc1. The van der Waals surface area contributed by atoms with Gasteiger partial charge in [-0.25, -0.2) is 4.79 Å². The van der Waals surface area contributed by atoms with Crippen LogP contribution in [0.4, 0.5) is 10.5 Å². The highest BCUT2D eigenvalue weighted by Gasteiger charge is 2.42. The van der Waals surface area contributed by atoms with Gasteiger partial charge >= 0.3 is 6.09 Å². The van der Waals surface area contributed by atoms with Crippen LogP contribution in [0.5, 0.6) is 0 Å². The number of likely N-dealkylation sites (tertiary alicyclic amines) is 1. The lowest BCUT2D eigenvalue weighted by Crippen LogP contribution is -2.36. The van der Waals surface area contributed by atoms with Crippen LogP contribution in [0.2, 0.25) is 0 Å². The molecule has 0 spiro atoms. The summed E-state index contributed by atoms with van der Waals surface area (Å²) in [6.45, 7) is 3.36. The van der Waals surface area contributed by atoms with Crippen molar-refractivity contribution in [1.29, 1.82) is 0 Å². The van der Waals surface area contributed by atoms with Crippen LogP contribution < -0.4 is 5.32 Å². The van der Waals surface area contributed by atoms with Crippen molar-refractivity contribution in [2.75, 3.05) is 38.5 Å². The van der Waals surface area contributed by atoms with Crippen LogP contribution in [0.15, 0.2) is 78.9 Å². The van der Waals surface area contributed by atoms with Crippen molar-refractivity contribution >= 4 is 24.0 Å². The van der Waals surface area contributed by atoms with Crippen LogP contribution >= 0.6 is 0 Å². The Balaban J connectivity index is 1.07. The number of likely N-dealkylation sites (N-methyl/N-ethyl adjacent to an activating group) is 1. The fraction of sp³-hybridized carbons (Fsp3) is 0.323. The molecule has 1 aliphatic carbocycles. The van der Waals surface area contributed by atoms with Crippen molar-refractivity contribution in [3.63, 3.8) is 0 Å². The van der Waals surface area contributed by atoms with Crippen molar-refractivity contribution in [2.45, 2.75) is 18.9 Å². The summed E-state index contributed by atoms with van der Waals surface area (Å²) in [5, 5.41) is 2.95. The maximum atomic E-state index is 12.7. The molecule has 1 heterocycles. The van der Waals surface area contributed by atoms with E-state index in [1.54, 1.807) is 29.2 Å². The third-order valence-electron chi connectivity index (χ3n) is 7.70. The molecule has 3 atom stereocenters. The lowest BCUT2D eigenvalue weighted by Gasteiger charge is -2.23. The second-order valence-electron chi connectivity index (χ2n) is 10.3. The van der Waals surface area contributed by atoms with E-state index >= 15 is 0 Å². The summed E-state index contributed by atoms with van der Waals surface area (Å²) < 4.78 is 5.83. The fourth-order valence-corrected chi connectivity index (χ4v) is 5.69. The van der Waals surface area contributed by atoms with Gasteiger partial charge in [-0.15, -0.1) is 0 Å². The first-order valence-electron chi connectivity index (χ1n) is 13.2. The van der Waals surface area contributed by atoms with Gasteiger partial charge in [0.1, 0.15) is 12.4 Å². The zero-order chi connectivity index (χ0) is 26.5. The first-order chi connectivity index (χ1) is 18.5. The number of para-hydroxylation sites is 1. The molecule has 1 saturated heterocycles. The largest absolute Gasteiger partial charge is 0.446 e. The Labute approximate surface area is 223 Å². The normalized spacial score (nSPS) is 20.5. The number of carbonyl (C=O) groups excluding carboxylic acids is 3. The number of ether oxygens (including phenoxy) is 1. The third-order valence-corrected chi connectivity index (χ3v) is 7.70. The van der Waals surface area contributed by atoms with Gasteiger partial charge in [-0.05, 0) is 48.4 Å². The first kappa shape index (κ1) is 25.7. The molecule has 2 amide bonds. The lowest BCUT2D eigenvalue weighted by atomic mass is 10.0. The Morgan fingerprint density at radius 3 is 2.29 bits per heavy atom. The number of anilines is 1. The molecule has 5 rings (SSSR count). The average Bonchev–Trinajstić information content (AvgIpc) is 3.50. The zero-order valence-corrected chi connectivity index (χ0v) is 21.6. The molecule has 2 aliphatic rings. The number of benzene rings is 3. The number of amides is 2. The highest BCUT2D eigenvalue weighted by atomic mass is 16.6. The van der Waals surface area contributed by atoms with Crippen molar-refractivity contribution in [3.05, 3.63) is 90.0 Å². The highest BCUT2D eigenvalue weighted by Crippen LogP contribution is 2.39. The Kier molecular flexibility index (Phi) is 7.84. The Morgan fingerprint density at radius 1 is 0.947 bits per heavy atom. The van der Waals surface area contributed by atoms with Gasteiger partial charge in [-0.1, -0.05) is 60.7 Å². The molecule has 196 valence electrons. The standard InChI is InChI=1S/C31H33N3O4/c1-33(30(36)24-13-11-22(21-35)12-14-24)15-16-34-19-25-17-27(18-26(25)20-34)38-31(37)32-29-10-6-5-9-28(29)23-7-3-2-4-8-23/h2-14,21,25-27H,15-20H2,1H3,(H,32,37)/t25-,26+,27-. The van der Waals surface area contributed by atoms with E-state index in [9.17, 15) is 14.4 Å². The van der Waals surface area contributed by atoms with Crippen molar-refractivity contribution in [3.8, 4) is 11.1 Å². The van der Waals surface area contributed by atoms with E-state index in [2.05, 4.69) is 10.2 Å². The number of nitrogens with one attached hydrogen (secondary N) is 1. The molecule has 1 aliphatic heterocycles. The summed E-state index contributed by atoms with van der Waals surface area (Å²) in [5.74, 6) is 0.956. The van der Waals surface area contributed by atoms with E-state index in [1.807, 2.05) is 61.6 Å². The van der Waals surface area contributed by atoms with Gasteiger partial charge in [0.15, 0.2) is 0 Å². The van der Waals surface area contributed by atoms with Crippen LogP contribution in [0.3, 0.4) is 0 Å². The first-order valence-corrected chi connectivity index (χ1v) is 13.2. The van der Waals surface area contributed by atoms with Crippen molar-refractivity contribution < 1.29 is 19.1 Å². The van der Waals surface area contributed by atoms with Crippen LogP contribution in [-0.2, 0) is 4.74 Å². The Morgan fingerprint density at radius 2 is 1.61 bits per heavy atom. The molecule has 0 bridgehead atoms. The van der Waals surface area contributed by atoms with E-state index in [0.29, 0.717) is 29.5 Å². The summed E-state index contributed by atoms with van der Waals surface area (Å²) in [5.41, 5.74) is 3.89. The average molecular weight is 512 g/mol. The molecular weight excluding hydrogens is 478 g/mol. The van der Waals surface area contributed by atoms with Crippen molar-refractivity contribution in [1.82, 2.24) is 9.80 Å². The molecule has 2 fully saturated rings. The number of hydrogen-bond donors (Lipinski definition) is 1. The van der Waals surface area contributed by atoms with Crippen LogP contribution in [0, 0.1) is 11.8 Å². The Hall–Kier alpha value is -3.97. The molecule has 1 N–H and O–H groups in total. The monoisotopic (exact) mass is 511 g/mol. The molecule has 7 heteroatoms. The molecule has 0 aromatic heterocycles. The quantitative estimate of drug-likeness (QED) is 0.421. The number of hydrogen-bond acceptors (Lipinski definition) is 5. The van der Waals surface area contributed by atoms with E-state index in [0.717, 1.165) is 55.6 Å². The Bertz CT molecular complexity index is 1260. The van der Waals surface area contributed by atoms with E-state index in [4.69, 9.17) is 4.74 Å². The highest BCUT2D eigenvalue weighted by molar-refractivity contribution is 5.94. The van der Waals surface area contributed by atoms with Gasteiger partial charge < -0.3 is 14.5 Å². The summed E-state index contributed by atoms with van der Waals surface area (Å²) in [7, 11) is 1.81. The van der Waals surface area contributed by atoms with E-state index in [-0.39, 0.29) is 12.0 Å². The van der Waals surface area contributed by atoms with Crippen molar-refractivity contribution in [2.24, 2.45) is 11.8 Å². The number of rotatable bonds is 8. The summed E-state index contributed by atoms with van der Waals surface area (Å²) in [4.78, 5) is 40.4. The van der Waals surface area contributed by atoms with Gasteiger partial charge in [0.2, 0.25) is 0 Å². The lowest BCUT2D eigenvalue weighted by molar-refractivity contribution is 0.0778. The number of fused-ring (bicyclic) bond motifs is 1. The second-order valence-corrected chi connectivity index (χ2v) is 10.3. The van der Waals surface area contributed by atoms with Gasteiger partial charge in [0.05, 0.1) is 5.69 Å². The smallest absolute Gasteiger partial charge is 0.411 e. The molecule has 1 saturated carbocycles. The van der Waals surface area contributed by atoms with Crippen LogP contribution in [-0.4, -0.2) is 67.4 Å². The zero-order valence-electron chi connectivity index (χ0n) is 21.6. The summed E-state index contributed by atoms with van der Waals surface area (Å²) >= 11 is 0. The number of nitrogens with zero attached hydrogens (tertiary/aromatic N) is 2. The summed E-state index contributed by atoms with van der Waals surface area (Å²) in [6.07, 6.45) is 2.03. The molecule has 7 nitrogen and oxygen atoms in total. The summed E-state index contributed by atoms with van der Waals surface area (Å²) in [6, 6.07) is 24.5. The minimum atomic E-state index is -0.406. The molecular formula is C31H33N3O4. The molecule has 38 heavy (non-hydrogen) atoms. The minimum absolute atomic E-state index is 0.0462. The molecule has 0 unspecified atom stereocenters. The fourth-order valence-electron chi connectivity index (χ4n) is 5.69. The second kappa shape index (κ2) is 11.6. The third kappa shape index (κ3) is 5.94. The van der Waals surface area contributed by atoms with Gasteiger partial charge in [0, 0.05) is 49.9 Å². The maximum absolute atomic E-state index is 12.7. The van der Waals surface area contributed by atoms with Gasteiger partial charge in [0.25, 0.3) is 5.91 Å². The van der Waals surface area contributed by atoms with Crippen LogP contribution in [0.25, 0.3) is 11.1 Å². The number of carbonyl (C=O) groups is 3. The van der Waals surface area contributed by atoms with Gasteiger partial charge in [-0.2, -0.15) is 0 Å². The van der Waals surface area contributed by atoms with E-state index < -0.39 is 6.09 Å². The predicted molar refractivity (Wildman–Crippen MR) is 147 cm³/mol. The molecule has 3 aromatic rings. The van der Waals surface area contributed by atoms with Crippen LogP contribution in [0.1, 0.15) is 33.6 Å². The van der Waals surface area contributed by atoms with E-state index in [1.165, 1.54) is 0 Å². The van der Waals surface area contributed by atoms with Gasteiger partial charge in [-0.3, -0.25) is 14.9 Å². The minimum Gasteiger partial charge on any atom is -0.446 e. The predicted octanol–water partition coefficient (Wildman–Crippen LogP) is 5.20. The maximum Gasteiger partial charge on any atom is 0.411 e. The molecule has 0 radical (unpaired) electrons.